The van der Waals surface area contributed by atoms with Crippen molar-refractivity contribution < 1.29 is 43.2 Å². The van der Waals surface area contributed by atoms with Crippen LogP contribution in [-0.2, 0) is 35.1 Å². The van der Waals surface area contributed by atoms with Gasteiger partial charge in [-0.2, -0.15) is 0 Å². The average Bonchev–Trinajstić information content (AvgIpc) is 3.92. The Labute approximate surface area is 388 Å². The van der Waals surface area contributed by atoms with Gasteiger partial charge in [0, 0.05) is 49.3 Å². The third kappa shape index (κ3) is 13.5. The van der Waals surface area contributed by atoms with Gasteiger partial charge in [-0.1, -0.05) is 68.9 Å². The van der Waals surface area contributed by atoms with Crippen molar-refractivity contribution in [2.45, 2.75) is 58.8 Å². The van der Waals surface area contributed by atoms with E-state index in [9.17, 15) is 19.5 Å². The van der Waals surface area contributed by atoms with Gasteiger partial charge in [0.15, 0.2) is 11.5 Å². The molecule has 1 fully saturated rings. The Balaban J connectivity index is 0.944. The zero-order chi connectivity index (χ0) is 47.1. The van der Waals surface area contributed by atoms with E-state index >= 15 is 0 Å². The van der Waals surface area contributed by atoms with Crippen LogP contribution in [0.15, 0.2) is 72.5 Å². The first-order valence-corrected chi connectivity index (χ1v) is 22.3. The molecule has 3 aromatic carbocycles. The molecule has 1 aliphatic rings. The molecular formula is C49H55N7O9S. The molecule has 1 saturated heterocycles. The van der Waals surface area contributed by atoms with E-state index in [1.165, 1.54) is 11.2 Å². The molecule has 3 atom stereocenters. The van der Waals surface area contributed by atoms with E-state index in [-0.39, 0.29) is 58.5 Å². The van der Waals surface area contributed by atoms with Crippen LogP contribution in [0.25, 0.3) is 21.3 Å². The summed E-state index contributed by atoms with van der Waals surface area (Å²) in [6, 6.07) is 17.0. The Morgan fingerprint density at radius 1 is 0.955 bits per heavy atom. The summed E-state index contributed by atoms with van der Waals surface area (Å²) in [5, 5.41) is 20.3. The molecule has 66 heavy (non-hydrogen) atoms. The summed E-state index contributed by atoms with van der Waals surface area (Å²) in [4.78, 5) is 56.0. The van der Waals surface area contributed by atoms with Crippen LogP contribution in [0, 0.1) is 36.5 Å². The molecule has 3 amide bonds. The lowest BCUT2D eigenvalue weighted by molar-refractivity contribution is -0.144. The number of carbonyl (C=O) groups is 3. The molecule has 0 aliphatic carbocycles. The molecule has 0 radical (unpaired) electrons. The average molecular weight is 918 g/mol. The van der Waals surface area contributed by atoms with E-state index in [2.05, 4.69) is 48.7 Å². The van der Waals surface area contributed by atoms with Crippen molar-refractivity contribution in [1.82, 2.24) is 30.5 Å². The predicted molar refractivity (Wildman–Crippen MR) is 251 cm³/mol. The van der Waals surface area contributed by atoms with Gasteiger partial charge in [0.2, 0.25) is 17.7 Å². The Morgan fingerprint density at radius 3 is 2.41 bits per heavy atom. The van der Waals surface area contributed by atoms with Crippen molar-refractivity contribution >= 4 is 51.5 Å². The standard InChI is InChI=1S/C49H55N7O9S/c1-7-33-11-10-12-36(23-33)54-46-38-25-41(42(64-21-19-61-6)26-39(38)51-30-52-46)65-22-20-62-17-8-9-18-63-29-43(58)55-45(49(3,4)5)48(60)56-28-37(57)24-40(56)47(59)50-27-34-13-15-35(16-14-34)44-32(2)53-31-66-44/h1,10-16,23,25-26,30-31,37,40,45,57H,17-22,24,27-29H2,2-6H3,(H,50,59)(H,55,58)(H,51,52,54)/t37-,40+,45-/m1/s1. The van der Waals surface area contributed by atoms with Crippen molar-refractivity contribution in [2.24, 2.45) is 5.41 Å². The molecule has 6 rings (SSSR count). The minimum atomic E-state index is -0.995. The molecule has 3 heterocycles. The third-order valence-corrected chi connectivity index (χ3v) is 11.4. The molecule has 5 aromatic rings. The van der Waals surface area contributed by atoms with Crippen LogP contribution in [0.1, 0.15) is 44.0 Å². The summed E-state index contributed by atoms with van der Waals surface area (Å²) >= 11 is 1.57. The predicted octanol–water partition coefficient (Wildman–Crippen LogP) is 5.04. The Bertz CT molecular complexity index is 2560. The number of aryl methyl sites for hydroxylation is 1. The molecule has 17 heteroatoms. The number of aromatic nitrogens is 3. The molecule has 346 valence electrons. The van der Waals surface area contributed by atoms with Gasteiger partial charge >= 0.3 is 0 Å². The molecule has 0 bridgehead atoms. The number of nitrogens with zero attached hydrogens (tertiary/aromatic N) is 4. The van der Waals surface area contributed by atoms with Gasteiger partial charge in [-0.25, -0.2) is 15.0 Å². The Hall–Kier alpha value is -6.60. The van der Waals surface area contributed by atoms with E-state index < -0.39 is 35.4 Å². The number of β-amino-alcohol motifs (C(OH)–C–C–N with tert-alkyl or cyclic N) is 1. The number of carbonyl (C=O) groups excluding carboxylic acids is 3. The maximum atomic E-state index is 14.0. The highest BCUT2D eigenvalue weighted by molar-refractivity contribution is 7.13. The molecule has 0 saturated carbocycles. The fraction of sp³-hybridized carbons (Fsp3) is 0.388. The van der Waals surface area contributed by atoms with Crippen LogP contribution in [0.3, 0.4) is 0 Å². The third-order valence-electron chi connectivity index (χ3n) is 10.4. The van der Waals surface area contributed by atoms with Crippen molar-refractivity contribution in [3.05, 3.63) is 89.3 Å². The number of hydrogen-bond acceptors (Lipinski definition) is 14. The molecule has 4 N–H and O–H groups in total. The number of aliphatic hydroxyl groups is 1. The van der Waals surface area contributed by atoms with Crippen molar-refractivity contribution in [3.63, 3.8) is 0 Å². The first-order chi connectivity index (χ1) is 31.8. The number of rotatable bonds is 20. The Kier molecular flexibility index (Phi) is 17.4. The number of likely N-dealkylation sites (tertiary alicyclic amines) is 1. The number of hydrogen-bond donors (Lipinski definition) is 4. The number of thiazole rings is 1. The second kappa shape index (κ2) is 23.5. The molecule has 0 unspecified atom stereocenters. The molecule has 16 nitrogen and oxygen atoms in total. The minimum absolute atomic E-state index is 0.0330. The Morgan fingerprint density at radius 2 is 1.70 bits per heavy atom. The number of aliphatic hydroxyl groups excluding tert-OH is 1. The number of fused-ring (bicyclic) bond motifs is 1. The van der Waals surface area contributed by atoms with Crippen LogP contribution in [-0.4, -0.2) is 121 Å². The number of terminal acetylenes is 1. The van der Waals surface area contributed by atoms with Crippen LogP contribution in [0.4, 0.5) is 11.5 Å². The highest BCUT2D eigenvalue weighted by Crippen LogP contribution is 2.35. The van der Waals surface area contributed by atoms with Gasteiger partial charge in [0.05, 0.1) is 40.9 Å². The number of benzene rings is 3. The molecule has 0 spiro atoms. The van der Waals surface area contributed by atoms with E-state index in [1.54, 1.807) is 30.6 Å². The fourth-order valence-electron chi connectivity index (χ4n) is 7.06. The van der Waals surface area contributed by atoms with Crippen LogP contribution >= 0.6 is 11.3 Å². The minimum Gasteiger partial charge on any atom is -0.487 e. The second-order valence-corrected chi connectivity index (χ2v) is 17.3. The van der Waals surface area contributed by atoms with E-state index in [0.717, 1.165) is 32.9 Å². The van der Waals surface area contributed by atoms with Gasteiger partial charge in [-0.15, -0.1) is 17.8 Å². The lowest BCUT2D eigenvalue weighted by Crippen LogP contribution is -2.58. The SMILES string of the molecule is C#Cc1cccc(Nc2ncnc3cc(OCCOC)c(OCCOCC#CCOCC(=O)N[C@H](C(=O)N4C[C@H](O)C[C@H]4C(=O)NCc4ccc(-c5scnc5C)cc4)C(C)(C)C)cc23)c1. The first kappa shape index (κ1) is 48.8. The van der Waals surface area contributed by atoms with Crippen LogP contribution in [0.2, 0.25) is 0 Å². The largest absolute Gasteiger partial charge is 0.487 e. The van der Waals surface area contributed by atoms with Crippen molar-refractivity contribution in [2.75, 3.05) is 65.2 Å². The monoisotopic (exact) mass is 917 g/mol. The van der Waals surface area contributed by atoms with Crippen LogP contribution < -0.4 is 25.4 Å². The highest BCUT2D eigenvalue weighted by atomic mass is 32.1. The van der Waals surface area contributed by atoms with Gasteiger partial charge in [-0.3, -0.25) is 14.4 Å². The van der Waals surface area contributed by atoms with Gasteiger partial charge in [0.1, 0.15) is 57.3 Å². The van der Waals surface area contributed by atoms with Gasteiger partial charge in [-0.05, 0) is 47.7 Å². The summed E-state index contributed by atoms with van der Waals surface area (Å²) in [6.45, 7) is 8.38. The van der Waals surface area contributed by atoms with E-state index in [1.807, 2.05) is 81.7 Å². The highest BCUT2D eigenvalue weighted by Gasteiger charge is 2.44. The molecular weight excluding hydrogens is 863 g/mol. The lowest BCUT2D eigenvalue weighted by Gasteiger charge is -2.35. The summed E-state index contributed by atoms with van der Waals surface area (Å²) in [5.74, 6) is 8.44. The molecule has 1 aliphatic heterocycles. The second-order valence-electron chi connectivity index (χ2n) is 16.4. The first-order valence-electron chi connectivity index (χ1n) is 21.4. The number of methoxy groups -OCH3 is 1. The summed E-state index contributed by atoms with van der Waals surface area (Å²) in [7, 11) is 1.59. The number of nitrogens with one attached hydrogen (secondary N) is 3. The quantitative estimate of drug-likeness (QED) is 0.0600. The molecule has 2 aromatic heterocycles. The number of anilines is 2. The van der Waals surface area contributed by atoms with E-state index in [4.69, 9.17) is 30.1 Å². The topological polar surface area (TPSA) is 196 Å². The summed E-state index contributed by atoms with van der Waals surface area (Å²) < 4.78 is 28.3. The number of ether oxygens (including phenoxy) is 5. The summed E-state index contributed by atoms with van der Waals surface area (Å²) in [5.41, 5.74) is 6.11. The van der Waals surface area contributed by atoms with E-state index in [0.29, 0.717) is 41.4 Å². The normalized spacial score (nSPS) is 15.0. The van der Waals surface area contributed by atoms with Crippen molar-refractivity contribution in [1.29, 1.82) is 0 Å². The maximum Gasteiger partial charge on any atom is 0.246 e. The maximum absolute atomic E-state index is 14.0. The van der Waals surface area contributed by atoms with Gasteiger partial charge in [0.25, 0.3) is 0 Å². The van der Waals surface area contributed by atoms with Gasteiger partial charge < -0.3 is 49.6 Å². The number of amides is 3. The lowest BCUT2D eigenvalue weighted by atomic mass is 9.85. The summed E-state index contributed by atoms with van der Waals surface area (Å²) in [6.07, 6.45) is 6.24. The van der Waals surface area contributed by atoms with Crippen LogP contribution in [0.5, 0.6) is 11.5 Å². The zero-order valence-electron chi connectivity index (χ0n) is 37.7. The van der Waals surface area contributed by atoms with Crippen molar-refractivity contribution in [3.8, 4) is 46.1 Å². The fourth-order valence-corrected chi connectivity index (χ4v) is 7.87. The smallest absolute Gasteiger partial charge is 0.246 e. The zero-order valence-corrected chi connectivity index (χ0v) is 38.5.